The fraction of sp³-hybridized carbons (Fsp3) is 0.800. The van der Waals surface area contributed by atoms with Crippen molar-refractivity contribution in [3.63, 3.8) is 0 Å². The van der Waals surface area contributed by atoms with Gasteiger partial charge in [-0.15, -0.1) is 24.0 Å². The highest BCUT2D eigenvalue weighted by atomic mass is 127. The average molecular weight is 490 g/mol. The Balaban J connectivity index is 0.00000364. The Morgan fingerprint density at radius 1 is 1.41 bits per heavy atom. The van der Waals surface area contributed by atoms with E-state index in [9.17, 15) is 0 Å². The van der Waals surface area contributed by atoms with E-state index in [0.717, 1.165) is 32.1 Å². The van der Waals surface area contributed by atoms with Crippen LogP contribution in [0.5, 0.6) is 0 Å². The summed E-state index contributed by atoms with van der Waals surface area (Å²) in [7, 11) is 4.12. The SMILES string of the molecule is CCNC(=NCC1CCCN(CC)C1)N(C)Cc1cn(C)nc1C(C)C.I. The lowest BCUT2D eigenvalue weighted by Crippen LogP contribution is -2.40. The predicted molar refractivity (Wildman–Crippen MR) is 125 cm³/mol. The second-order valence-electron chi connectivity index (χ2n) is 7.82. The van der Waals surface area contributed by atoms with Crippen LogP contribution < -0.4 is 5.32 Å². The van der Waals surface area contributed by atoms with Gasteiger partial charge in [0, 0.05) is 52.0 Å². The average Bonchev–Trinajstić information content (AvgIpc) is 2.99. The standard InChI is InChI=1S/C20H38N6.HI/c1-7-21-20(22-12-17-10-9-11-26(8-2)13-17)24(5)14-18-15-25(6)23-19(18)16(3)4;/h15-17H,7-14H2,1-6H3,(H,21,22);1H. The summed E-state index contributed by atoms with van der Waals surface area (Å²) in [4.78, 5) is 9.74. The summed E-state index contributed by atoms with van der Waals surface area (Å²) in [5, 5.41) is 8.09. The number of piperidine rings is 1. The summed E-state index contributed by atoms with van der Waals surface area (Å²) in [6.45, 7) is 15.0. The molecule has 0 bridgehead atoms. The van der Waals surface area contributed by atoms with Crippen LogP contribution in [0, 0.1) is 5.92 Å². The van der Waals surface area contributed by atoms with Crippen molar-refractivity contribution in [1.82, 2.24) is 24.9 Å². The molecule has 27 heavy (non-hydrogen) atoms. The van der Waals surface area contributed by atoms with Crippen LogP contribution >= 0.6 is 24.0 Å². The summed E-state index contributed by atoms with van der Waals surface area (Å²) in [6, 6.07) is 0. The molecule has 1 unspecified atom stereocenters. The van der Waals surface area contributed by atoms with Crippen molar-refractivity contribution < 1.29 is 0 Å². The third-order valence-electron chi connectivity index (χ3n) is 5.14. The molecule has 1 aromatic rings. The molecule has 1 aliphatic heterocycles. The van der Waals surface area contributed by atoms with Gasteiger partial charge < -0.3 is 15.1 Å². The molecule has 1 fully saturated rings. The third kappa shape index (κ3) is 7.25. The molecule has 2 heterocycles. The van der Waals surface area contributed by atoms with Crippen molar-refractivity contribution in [2.24, 2.45) is 18.0 Å². The fourth-order valence-electron chi connectivity index (χ4n) is 3.77. The van der Waals surface area contributed by atoms with E-state index in [0.29, 0.717) is 11.8 Å². The summed E-state index contributed by atoms with van der Waals surface area (Å²) in [5.41, 5.74) is 2.46. The molecule has 0 aromatic carbocycles. The minimum Gasteiger partial charge on any atom is -0.357 e. The third-order valence-corrected chi connectivity index (χ3v) is 5.14. The van der Waals surface area contributed by atoms with E-state index < -0.39 is 0 Å². The molecule has 6 nitrogen and oxygen atoms in total. The van der Waals surface area contributed by atoms with Crippen molar-refractivity contribution in [2.75, 3.05) is 39.8 Å². The molecule has 0 aliphatic carbocycles. The lowest BCUT2D eigenvalue weighted by atomic mass is 9.98. The number of rotatable bonds is 7. The Morgan fingerprint density at radius 2 is 2.15 bits per heavy atom. The van der Waals surface area contributed by atoms with Gasteiger partial charge in [0.2, 0.25) is 0 Å². The smallest absolute Gasteiger partial charge is 0.193 e. The fourth-order valence-corrected chi connectivity index (χ4v) is 3.77. The van der Waals surface area contributed by atoms with Gasteiger partial charge in [-0.1, -0.05) is 20.8 Å². The normalized spacial score (nSPS) is 18.5. The first kappa shape index (κ1) is 24.2. The van der Waals surface area contributed by atoms with Gasteiger partial charge in [-0.3, -0.25) is 9.67 Å². The predicted octanol–water partition coefficient (Wildman–Crippen LogP) is 3.29. The number of hydrogen-bond donors (Lipinski definition) is 1. The molecule has 0 saturated carbocycles. The minimum atomic E-state index is 0. The van der Waals surface area contributed by atoms with Crippen LogP contribution in [0.3, 0.4) is 0 Å². The van der Waals surface area contributed by atoms with Crippen LogP contribution in [0.4, 0.5) is 0 Å². The van der Waals surface area contributed by atoms with Gasteiger partial charge in [-0.25, -0.2) is 0 Å². The minimum absolute atomic E-state index is 0. The highest BCUT2D eigenvalue weighted by Gasteiger charge is 2.19. The number of aromatic nitrogens is 2. The Morgan fingerprint density at radius 3 is 2.78 bits per heavy atom. The monoisotopic (exact) mass is 490 g/mol. The maximum atomic E-state index is 4.96. The highest BCUT2D eigenvalue weighted by Crippen LogP contribution is 2.19. The van der Waals surface area contributed by atoms with Crippen molar-refractivity contribution in [2.45, 2.75) is 53.0 Å². The zero-order chi connectivity index (χ0) is 19.1. The van der Waals surface area contributed by atoms with Gasteiger partial charge >= 0.3 is 0 Å². The number of halogens is 1. The number of nitrogens with one attached hydrogen (secondary N) is 1. The van der Waals surface area contributed by atoms with Gasteiger partial charge in [-0.2, -0.15) is 5.10 Å². The van der Waals surface area contributed by atoms with Crippen molar-refractivity contribution in [3.8, 4) is 0 Å². The Kier molecular flexibility index (Phi) is 10.7. The van der Waals surface area contributed by atoms with E-state index in [1.807, 2.05) is 11.7 Å². The molecule has 0 radical (unpaired) electrons. The molecule has 7 heteroatoms. The number of nitrogens with zero attached hydrogens (tertiary/aromatic N) is 5. The summed E-state index contributed by atoms with van der Waals surface area (Å²) >= 11 is 0. The Bertz CT molecular complexity index is 583. The second kappa shape index (κ2) is 11.9. The van der Waals surface area contributed by atoms with Gasteiger partial charge in [0.25, 0.3) is 0 Å². The number of aryl methyl sites for hydroxylation is 1. The van der Waals surface area contributed by atoms with Gasteiger partial charge in [-0.05, 0) is 44.7 Å². The maximum absolute atomic E-state index is 4.96. The molecule has 1 atom stereocenters. The largest absolute Gasteiger partial charge is 0.357 e. The van der Waals surface area contributed by atoms with E-state index >= 15 is 0 Å². The first-order valence-electron chi connectivity index (χ1n) is 10.2. The van der Waals surface area contributed by atoms with Crippen LogP contribution in [0.1, 0.15) is 57.7 Å². The molecule has 1 saturated heterocycles. The Hall–Kier alpha value is -0.830. The number of likely N-dealkylation sites (tertiary alicyclic amines) is 1. The summed E-state index contributed by atoms with van der Waals surface area (Å²) in [5.74, 6) is 2.11. The molecule has 1 aromatic heterocycles. The van der Waals surface area contributed by atoms with Crippen LogP contribution in [-0.4, -0.2) is 65.3 Å². The first-order chi connectivity index (χ1) is 12.4. The van der Waals surface area contributed by atoms with E-state index in [1.54, 1.807) is 0 Å². The molecule has 0 spiro atoms. The Labute approximate surface area is 182 Å². The zero-order valence-corrected chi connectivity index (χ0v) is 20.4. The summed E-state index contributed by atoms with van der Waals surface area (Å²) in [6.07, 6.45) is 4.73. The van der Waals surface area contributed by atoms with E-state index in [-0.39, 0.29) is 24.0 Å². The maximum Gasteiger partial charge on any atom is 0.193 e. The van der Waals surface area contributed by atoms with E-state index in [2.05, 4.69) is 61.2 Å². The number of guanidine groups is 1. The van der Waals surface area contributed by atoms with Gasteiger partial charge in [0.1, 0.15) is 0 Å². The van der Waals surface area contributed by atoms with Crippen molar-refractivity contribution in [3.05, 3.63) is 17.5 Å². The van der Waals surface area contributed by atoms with Crippen molar-refractivity contribution >= 4 is 29.9 Å². The van der Waals surface area contributed by atoms with Crippen LogP contribution in [0.15, 0.2) is 11.2 Å². The highest BCUT2D eigenvalue weighted by molar-refractivity contribution is 14.0. The molecule has 1 N–H and O–H groups in total. The van der Waals surface area contributed by atoms with Crippen LogP contribution in [0.2, 0.25) is 0 Å². The molecule has 0 amide bonds. The van der Waals surface area contributed by atoms with E-state index in [1.165, 1.54) is 37.2 Å². The number of hydrogen-bond acceptors (Lipinski definition) is 3. The number of aliphatic imine (C=N–C) groups is 1. The quantitative estimate of drug-likeness (QED) is 0.362. The lowest BCUT2D eigenvalue weighted by molar-refractivity contribution is 0.186. The molecule has 156 valence electrons. The van der Waals surface area contributed by atoms with Gasteiger partial charge in [0.15, 0.2) is 5.96 Å². The first-order valence-corrected chi connectivity index (χ1v) is 10.2. The van der Waals surface area contributed by atoms with Crippen molar-refractivity contribution in [1.29, 1.82) is 0 Å². The molecule has 2 rings (SSSR count). The van der Waals surface area contributed by atoms with Crippen LogP contribution in [-0.2, 0) is 13.6 Å². The molecule has 1 aliphatic rings. The summed E-state index contributed by atoms with van der Waals surface area (Å²) < 4.78 is 1.92. The van der Waals surface area contributed by atoms with Crippen LogP contribution in [0.25, 0.3) is 0 Å². The second-order valence-corrected chi connectivity index (χ2v) is 7.82. The van der Waals surface area contributed by atoms with E-state index in [4.69, 9.17) is 4.99 Å². The molecular weight excluding hydrogens is 451 g/mol. The zero-order valence-electron chi connectivity index (χ0n) is 18.0. The van der Waals surface area contributed by atoms with Gasteiger partial charge in [0.05, 0.1) is 5.69 Å². The topological polar surface area (TPSA) is 48.7 Å². The molecular formula is C20H39IN6. The lowest BCUT2D eigenvalue weighted by Gasteiger charge is -2.31.